The van der Waals surface area contributed by atoms with Gasteiger partial charge in [-0.05, 0) is 0 Å². The van der Waals surface area contributed by atoms with Crippen molar-refractivity contribution < 1.29 is 20.1 Å². The quantitative estimate of drug-likeness (QED) is 0.365. The van der Waals surface area contributed by atoms with E-state index in [0.29, 0.717) is 6.61 Å². The summed E-state index contributed by atoms with van der Waals surface area (Å²) in [6.07, 6.45) is 0.0185. The number of epoxide rings is 1. The standard InChI is InChI=1S/C4H6O3.2Ca.H2O/c5-4(6)1-3-2-7-3;;;/h3H,1-2H2,(H,5,6);;;1H2/q;2*+2;/p-2/t3-;;;/m1.../s1. The second-order valence-corrected chi connectivity index (χ2v) is 1.53. The Morgan fingerprint density at radius 2 is 2.00 bits per heavy atom. The Bertz CT molecular complexity index is 93.3. The topological polar surface area (TPSA) is 82.7 Å². The van der Waals surface area contributed by atoms with Gasteiger partial charge in [0.05, 0.1) is 12.7 Å². The first-order chi connectivity index (χ1) is 3.29. The zero-order valence-electron chi connectivity index (χ0n) is 5.58. The molecule has 10 heavy (non-hydrogen) atoms. The average Bonchev–Trinajstić information content (AvgIpc) is 2.17. The predicted octanol–water partition coefficient (Wildman–Crippen LogP) is -2.41. The van der Waals surface area contributed by atoms with Crippen molar-refractivity contribution in [3.8, 4) is 0 Å². The molecular weight excluding hydrogens is 192 g/mol. The molecule has 1 heterocycles. The fourth-order valence-corrected chi connectivity index (χ4v) is 0.372. The molecule has 0 aromatic rings. The van der Waals surface area contributed by atoms with Crippen molar-refractivity contribution in [1.82, 2.24) is 0 Å². The first-order valence-corrected chi connectivity index (χ1v) is 2.10. The van der Waals surface area contributed by atoms with Crippen molar-refractivity contribution in [2.45, 2.75) is 12.5 Å². The van der Waals surface area contributed by atoms with Gasteiger partial charge >= 0.3 is 75.5 Å². The number of rotatable bonds is 2. The van der Waals surface area contributed by atoms with Crippen LogP contribution < -0.4 is 5.11 Å². The summed E-state index contributed by atoms with van der Waals surface area (Å²) in [5.41, 5.74) is 0. The van der Waals surface area contributed by atoms with Gasteiger partial charge in [0.1, 0.15) is 0 Å². The first-order valence-electron chi connectivity index (χ1n) is 2.10. The molecule has 0 bridgehead atoms. The molecule has 0 saturated carbocycles. The second kappa shape index (κ2) is 9.00. The predicted molar refractivity (Wildman–Crippen MR) is 32.8 cm³/mol. The summed E-state index contributed by atoms with van der Waals surface area (Å²) < 4.78 is 4.60. The molecule has 0 aliphatic carbocycles. The van der Waals surface area contributed by atoms with E-state index in [9.17, 15) is 9.90 Å². The Morgan fingerprint density at radius 3 is 2.10 bits per heavy atom. The molecule has 0 aromatic carbocycles. The van der Waals surface area contributed by atoms with Gasteiger partial charge in [0.25, 0.3) is 0 Å². The molecule has 1 atom stereocenters. The maximum atomic E-state index is 9.66. The van der Waals surface area contributed by atoms with Crippen LogP contribution in [-0.2, 0) is 9.53 Å². The third-order valence-corrected chi connectivity index (χ3v) is 0.797. The van der Waals surface area contributed by atoms with E-state index in [4.69, 9.17) is 0 Å². The van der Waals surface area contributed by atoms with Crippen LogP contribution in [0.15, 0.2) is 0 Å². The molecule has 4 nitrogen and oxygen atoms in total. The van der Waals surface area contributed by atoms with E-state index in [1.54, 1.807) is 0 Å². The van der Waals surface area contributed by atoms with E-state index in [-0.39, 0.29) is 93.5 Å². The number of carboxylic acids is 1. The molecule has 48 valence electrons. The molecule has 6 heteroatoms. The third-order valence-electron chi connectivity index (χ3n) is 0.797. The molecule has 1 fully saturated rings. The van der Waals surface area contributed by atoms with Crippen LogP contribution in [0, 0.1) is 0 Å². The number of hydrogen-bond acceptors (Lipinski definition) is 4. The van der Waals surface area contributed by atoms with E-state index in [0.717, 1.165) is 0 Å². The zero-order valence-corrected chi connectivity index (χ0v) is 9.99. The third kappa shape index (κ3) is 9.91. The van der Waals surface area contributed by atoms with Gasteiger partial charge in [-0.2, -0.15) is 0 Å². The Labute approximate surface area is 119 Å². The fourth-order valence-electron chi connectivity index (χ4n) is 0.372. The van der Waals surface area contributed by atoms with Crippen LogP contribution in [-0.4, -0.2) is 99.6 Å². The van der Waals surface area contributed by atoms with Gasteiger partial charge in [-0.1, -0.05) is 0 Å². The van der Waals surface area contributed by atoms with Crippen LogP contribution in [0.2, 0.25) is 0 Å². The number of ether oxygens (including phenoxy) is 1. The maximum Gasteiger partial charge on any atom is 2.00 e. The van der Waals surface area contributed by atoms with Gasteiger partial charge in [0.2, 0.25) is 0 Å². The maximum absolute atomic E-state index is 9.66. The summed E-state index contributed by atoms with van der Waals surface area (Å²) >= 11 is 0. The molecular formula is C4H6Ca2O4+2. The van der Waals surface area contributed by atoms with E-state index >= 15 is 0 Å². The van der Waals surface area contributed by atoms with Crippen molar-refractivity contribution >= 4 is 81.4 Å². The number of carboxylic acid groups (broad SMARTS) is 1. The molecule has 0 amide bonds. The molecule has 0 unspecified atom stereocenters. The molecule has 1 saturated heterocycles. The normalized spacial score (nSPS) is 19.0. The number of aliphatic carboxylic acids is 1. The van der Waals surface area contributed by atoms with Crippen molar-refractivity contribution in [3.05, 3.63) is 0 Å². The van der Waals surface area contributed by atoms with Gasteiger partial charge in [-0.25, -0.2) is 0 Å². The zero-order chi connectivity index (χ0) is 5.28. The molecule has 0 aromatic heterocycles. The van der Waals surface area contributed by atoms with E-state index in [1.165, 1.54) is 0 Å². The van der Waals surface area contributed by atoms with E-state index < -0.39 is 5.97 Å². The number of hydrogen-bond donors (Lipinski definition) is 0. The van der Waals surface area contributed by atoms with Crippen LogP contribution in [0.5, 0.6) is 0 Å². The Balaban J connectivity index is -0.000000163. The Morgan fingerprint density at radius 1 is 1.60 bits per heavy atom. The Hall–Kier alpha value is 1.91. The summed E-state index contributed by atoms with van der Waals surface area (Å²) in [5, 5.41) is 9.66. The largest absolute Gasteiger partial charge is 2.00 e. The van der Waals surface area contributed by atoms with Crippen LogP contribution in [0.25, 0.3) is 0 Å². The minimum absolute atomic E-state index is 0. The molecule has 0 spiro atoms. The minimum atomic E-state index is -1.03. The molecule has 0 radical (unpaired) electrons. The summed E-state index contributed by atoms with van der Waals surface area (Å²) in [4.78, 5) is 9.66. The van der Waals surface area contributed by atoms with Gasteiger partial charge in [0, 0.05) is 12.4 Å². The van der Waals surface area contributed by atoms with Crippen molar-refractivity contribution in [2.24, 2.45) is 0 Å². The molecule has 1 aliphatic heterocycles. The van der Waals surface area contributed by atoms with Crippen molar-refractivity contribution in [2.75, 3.05) is 6.61 Å². The van der Waals surface area contributed by atoms with E-state index in [2.05, 4.69) is 4.74 Å². The van der Waals surface area contributed by atoms with Crippen molar-refractivity contribution in [3.63, 3.8) is 0 Å². The minimum Gasteiger partial charge on any atom is -0.870 e. The summed E-state index contributed by atoms with van der Waals surface area (Å²) in [6.45, 7) is 0.591. The summed E-state index contributed by atoms with van der Waals surface area (Å²) in [7, 11) is 0. The Kier molecular flexibility index (Phi) is 16.1. The monoisotopic (exact) mass is 198 g/mol. The van der Waals surface area contributed by atoms with Gasteiger partial charge < -0.3 is 20.1 Å². The van der Waals surface area contributed by atoms with Crippen molar-refractivity contribution in [1.29, 1.82) is 0 Å². The molecule has 1 aliphatic rings. The van der Waals surface area contributed by atoms with Crippen LogP contribution in [0.3, 0.4) is 0 Å². The first kappa shape index (κ1) is 17.9. The second-order valence-electron chi connectivity index (χ2n) is 1.53. The van der Waals surface area contributed by atoms with Crippen LogP contribution in [0.4, 0.5) is 0 Å². The van der Waals surface area contributed by atoms with Crippen LogP contribution in [0.1, 0.15) is 6.42 Å². The molecule has 1 N–H and O–H groups in total. The summed E-state index contributed by atoms with van der Waals surface area (Å²) in [6, 6.07) is 0. The van der Waals surface area contributed by atoms with Gasteiger partial charge in [0.15, 0.2) is 0 Å². The number of carbonyl (C=O) groups is 1. The van der Waals surface area contributed by atoms with Gasteiger partial charge in [-0.3, -0.25) is 0 Å². The van der Waals surface area contributed by atoms with Crippen LogP contribution >= 0.6 is 0 Å². The number of carbonyl (C=O) groups excluding carboxylic acids is 1. The average molecular weight is 198 g/mol. The smallest absolute Gasteiger partial charge is 0.870 e. The molecule has 1 rings (SSSR count). The fraction of sp³-hybridized carbons (Fsp3) is 0.750. The van der Waals surface area contributed by atoms with Gasteiger partial charge in [-0.15, -0.1) is 0 Å². The SMILES string of the molecule is O=C([O-])C[C@@H]1CO1.[Ca+2].[Ca+2].[OH-]. The summed E-state index contributed by atoms with van der Waals surface area (Å²) in [5.74, 6) is -1.03. The van der Waals surface area contributed by atoms with E-state index in [1.807, 2.05) is 0 Å².